The highest BCUT2D eigenvalue weighted by atomic mass is 19.1. The highest BCUT2D eigenvalue weighted by molar-refractivity contribution is 5.91. The van der Waals surface area contributed by atoms with Crippen LogP contribution in [0.5, 0.6) is 5.75 Å². The summed E-state index contributed by atoms with van der Waals surface area (Å²) in [5.41, 5.74) is 0.590. The molecule has 0 radical (unpaired) electrons. The normalized spacial score (nSPS) is 16.9. The molecule has 0 bridgehead atoms. The molecular formula is C20H22FNO4. The van der Waals surface area contributed by atoms with Gasteiger partial charge in [0.25, 0.3) is 0 Å². The summed E-state index contributed by atoms with van der Waals surface area (Å²) in [4.78, 5) is 14.3. The van der Waals surface area contributed by atoms with E-state index in [-0.39, 0.29) is 17.8 Å². The molecule has 1 aliphatic rings. The van der Waals surface area contributed by atoms with Crippen LogP contribution in [0.2, 0.25) is 0 Å². The lowest BCUT2D eigenvalue weighted by atomic mass is 10.2. The molecule has 3 rings (SSSR count). The van der Waals surface area contributed by atoms with E-state index in [1.165, 1.54) is 25.3 Å². The van der Waals surface area contributed by atoms with E-state index in [2.05, 4.69) is 0 Å². The molecule has 2 heterocycles. The third-order valence-corrected chi connectivity index (χ3v) is 4.28. The fraction of sp³-hybridized carbons (Fsp3) is 0.350. The lowest BCUT2D eigenvalue weighted by Gasteiger charge is -2.23. The zero-order chi connectivity index (χ0) is 18.4. The Labute approximate surface area is 152 Å². The average Bonchev–Trinajstić information content (AvgIpc) is 3.33. The molecule has 26 heavy (non-hydrogen) atoms. The van der Waals surface area contributed by atoms with Crippen molar-refractivity contribution < 1.29 is 23.1 Å². The quantitative estimate of drug-likeness (QED) is 0.708. The minimum atomic E-state index is -0.464. The minimum Gasteiger partial charge on any atom is -0.494 e. The molecule has 1 atom stereocenters. The summed E-state index contributed by atoms with van der Waals surface area (Å²) >= 11 is 0. The van der Waals surface area contributed by atoms with Gasteiger partial charge < -0.3 is 18.8 Å². The molecule has 0 saturated carbocycles. The van der Waals surface area contributed by atoms with E-state index in [1.807, 2.05) is 6.07 Å². The summed E-state index contributed by atoms with van der Waals surface area (Å²) in [6.07, 6.45) is 6.61. The second-order valence-corrected chi connectivity index (χ2v) is 6.16. The molecule has 1 aromatic heterocycles. The van der Waals surface area contributed by atoms with Crippen molar-refractivity contribution >= 4 is 12.0 Å². The maximum atomic E-state index is 13.8. The number of rotatable bonds is 7. The fourth-order valence-electron chi connectivity index (χ4n) is 2.92. The van der Waals surface area contributed by atoms with Crippen LogP contribution in [-0.2, 0) is 16.1 Å². The monoisotopic (exact) mass is 359 g/mol. The largest absolute Gasteiger partial charge is 0.494 e. The molecule has 5 nitrogen and oxygen atoms in total. The molecular weight excluding hydrogens is 337 g/mol. The number of carbonyl (C=O) groups excluding carboxylic acids is 1. The first-order chi connectivity index (χ1) is 12.7. The number of carbonyl (C=O) groups is 1. The number of benzene rings is 1. The zero-order valence-corrected chi connectivity index (χ0v) is 14.7. The predicted octanol–water partition coefficient (Wildman–Crippen LogP) is 3.65. The van der Waals surface area contributed by atoms with E-state index in [1.54, 1.807) is 29.4 Å². The molecule has 6 heteroatoms. The molecule has 0 N–H and O–H groups in total. The molecule has 1 amide bonds. The summed E-state index contributed by atoms with van der Waals surface area (Å²) in [6.45, 7) is 1.60. The predicted molar refractivity (Wildman–Crippen MR) is 95.1 cm³/mol. The molecule has 1 saturated heterocycles. The van der Waals surface area contributed by atoms with Crippen LogP contribution < -0.4 is 4.74 Å². The Kier molecular flexibility index (Phi) is 6.07. The van der Waals surface area contributed by atoms with Crippen molar-refractivity contribution in [2.75, 3.05) is 20.3 Å². The fourth-order valence-corrected chi connectivity index (χ4v) is 2.92. The first-order valence-corrected chi connectivity index (χ1v) is 8.60. The maximum Gasteiger partial charge on any atom is 0.247 e. The van der Waals surface area contributed by atoms with Gasteiger partial charge in [-0.05, 0) is 48.7 Å². The Morgan fingerprint density at radius 1 is 1.42 bits per heavy atom. The third-order valence-electron chi connectivity index (χ3n) is 4.28. The number of methoxy groups -OCH3 is 1. The van der Waals surface area contributed by atoms with Crippen molar-refractivity contribution in [2.45, 2.75) is 25.5 Å². The highest BCUT2D eigenvalue weighted by Crippen LogP contribution is 2.19. The average molecular weight is 359 g/mol. The van der Waals surface area contributed by atoms with Gasteiger partial charge in [0, 0.05) is 19.2 Å². The first kappa shape index (κ1) is 18.2. The molecule has 1 unspecified atom stereocenters. The summed E-state index contributed by atoms with van der Waals surface area (Å²) in [6, 6.07) is 8.19. The van der Waals surface area contributed by atoms with E-state index in [0.717, 1.165) is 19.4 Å². The summed E-state index contributed by atoms with van der Waals surface area (Å²) in [7, 11) is 1.41. The Balaban J connectivity index is 1.70. The number of hydrogen-bond donors (Lipinski definition) is 0. The van der Waals surface area contributed by atoms with Gasteiger partial charge in [0.1, 0.15) is 5.76 Å². The second-order valence-electron chi connectivity index (χ2n) is 6.16. The van der Waals surface area contributed by atoms with Crippen LogP contribution >= 0.6 is 0 Å². The molecule has 1 fully saturated rings. The summed E-state index contributed by atoms with van der Waals surface area (Å²) < 4.78 is 29.7. The Bertz CT molecular complexity index is 751. The van der Waals surface area contributed by atoms with Crippen molar-refractivity contribution in [1.82, 2.24) is 4.90 Å². The second kappa shape index (κ2) is 8.67. The van der Waals surface area contributed by atoms with Crippen molar-refractivity contribution in [3.63, 3.8) is 0 Å². The van der Waals surface area contributed by atoms with Gasteiger partial charge in [-0.3, -0.25) is 4.79 Å². The lowest BCUT2D eigenvalue weighted by molar-refractivity contribution is -0.128. The molecule has 0 aliphatic carbocycles. The standard InChI is InChI=1S/C20H22FNO4/c1-24-19-8-6-15(12-18(19)21)7-9-20(23)22(13-16-4-2-10-25-16)14-17-5-3-11-26-17/h2,4,6-10,12,17H,3,5,11,13-14H2,1H3. The number of furan rings is 1. The lowest BCUT2D eigenvalue weighted by Crippen LogP contribution is -2.35. The van der Waals surface area contributed by atoms with Gasteiger partial charge in [-0.25, -0.2) is 4.39 Å². The van der Waals surface area contributed by atoms with Gasteiger partial charge in [-0.2, -0.15) is 0 Å². The van der Waals surface area contributed by atoms with E-state index < -0.39 is 5.82 Å². The van der Waals surface area contributed by atoms with E-state index in [4.69, 9.17) is 13.9 Å². The van der Waals surface area contributed by atoms with Crippen molar-refractivity contribution in [1.29, 1.82) is 0 Å². The molecule has 1 aliphatic heterocycles. The Morgan fingerprint density at radius 3 is 2.96 bits per heavy atom. The number of halogens is 1. The van der Waals surface area contributed by atoms with E-state index in [9.17, 15) is 9.18 Å². The van der Waals surface area contributed by atoms with Crippen LogP contribution in [0, 0.1) is 5.82 Å². The van der Waals surface area contributed by atoms with Crippen LogP contribution in [0.25, 0.3) is 6.08 Å². The van der Waals surface area contributed by atoms with Crippen LogP contribution in [0.4, 0.5) is 4.39 Å². The molecule has 0 spiro atoms. The molecule has 2 aromatic rings. The van der Waals surface area contributed by atoms with Crippen molar-refractivity contribution in [3.8, 4) is 5.75 Å². The van der Waals surface area contributed by atoms with Gasteiger partial charge in [0.15, 0.2) is 11.6 Å². The number of nitrogens with zero attached hydrogens (tertiary/aromatic N) is 1. The summed E-state index contributed by atoms with van der Waals surface area (Å²) in [5, 5.41) is 0. The van der Waals surface area contributed by atoms with Crippen LogP contribution in [0.3, 0.4) is 0 Å². The smallest absolute Gasteiger partial charge is 0.247 e. The van der Waals surface area contributed by atoms with Crippen molar-refractivity contribution in [3.05, 3.63) is 59.8 Å². The third kappa shape index (κ3) is 4.73. The summed E-state index contributed by atoms with van der Waals surface area (Å²) in [5.74, 6) is 0.244. The maximum absolute atomic E-state index is 13.8. The van der Waals surface area contributed by atoms with E-state index in [0.29, 0.717) is 24.4 Å². The van der Waals surface area contributed by atoms with Crippen molar-refractivity contribution in [2.24, 2.45) is 0 Å². The van der Waals surface area contributed by atoms with Gasteiger partial charge in [-0.1, -0.05) is 6.07 Å². The van der Waals surface area contributed by atoms with Crippen LogP contribution in [0.1, 0.15) is 24.2 Å². The minimum absolute atomic E-state index is 0.0424. The topological polar surface area (TPSA) is 51.9 Å². The number of amides is 1. The van der Waals surface area contributed by atoms with Gasteiger partial charge in [0.05, 0.1) is 26.0 Å². The Hall–Kier alpha value is -2.60. The van der Waals surface area contributed by atoms with Gasteiger partial charge in [-0.15, -0.1) is 0 Å². The SMILES string of the molecule is COc1ccc(C=CC(=O)N(Cc2ccco2)CC2CCCO2)cc1F. The highest BCUT2D eigenvalue weighted by Gasteiger charge is 2.22. The van der Waals surface area contributed by atoms with Gasteiger partial charge in [0.2, 0.25) is 5.91 Å². The van der Waals surface area contributed by atoms with Crippen LogP contribution in [-0.4, -0.2) is 37.2 Å². The molecule has 1 aromatic carbocycles. The zero-order valence-electron chi connectivity index (χ0n) is 14.7. The number of hydrogen-bond acceptors (Lipinski definition) is 4. The number of ether oxygens (including phenoxy) is 2. The first-order valence-electron chi connectivity index (χ1n) is 8.60. The molecule has 138 valence electrons. The van der Waals surface area contributed by atoms with Gasteiger partial charge >= 0.3 is 0 Å². The Morgan fingerprint density at radius 2 is 2.31 bits per heavy atom. The van der Waals surface area contributed by atoms with E-state index >= 15 is 0 Å². The van der Waals surface area contributed by atoms with Crippen LogP contribution in [0.15, 0.2) is 47.1 Å².